The molecule has 68 heavy (non-hydrogen) atoms. The van der Waals surface area contributed by atoms with E-state index in [1.54, 1.807) is 30.3 Å². The van der Waals surface area contributed by atoms with Crippen LogP contribution in [0.2, 0.25) is 0 Å². The number of esters is 1. The predicted octanol–water partition coefficient (Wildman–Crippen LogP) is 7.59. The van der Waals surface area contributed by atoms with Crippen LogP contribution < -0.4 is 21.3 Å². The van der Waals surface area contributed by atoms with E-state index in [2.05, 4.69) is 36.4 Å². The molecule has 0 radical (unpaired) electrons. The predicted molar refractivity (Wildman–Crippen MR) is 257 cm³/mol. The summed E-state index contributed by atoms with van der Waals surface area (Å²) in [6.45, 7) is 14.1. The first kappa shape index (κ1) is 50.6. The standard InChI is InChI=1S/C51H66N8O9/c1-31-28-37(46(62)53-39-24-26-59(27-25-39)49(65)66)18-21-40(31)34-12-8-32(9-13-34)29-41(55-45(61)36-14-10-33(11-15-36)30-52-48(64)68-51(5,6)7)47(63)54-38-19-16-35(17-20-38)44-56-42(57-58-44)22-23-43(60)67-50(2,3)4/h8-9,12-13,16-21,28,33,36,39,41H,10-11,14-15,22-27,29-30H2,1-7H3,(H,52,64)(H,53,62)(H,54,63)(H,55,61)(H,65,66)(H,56,57,58)/t33-,36-,41-/m0/s1. The first-order chi connectivity index (χ1) is 32.2. The molecule has 6 rings (SSSR count). The zero-order valence-corrected chi connectivity index (χ0v) is 40.2. The van der Waals surface area contributed by atoms with Crippen molar-refractivity contribution in [3.05, 3.63) is 89.2 Å². The summed E-state index contributed by atoms with van der Waals surface area (Å²) in [6, 6.07) is 19.4. The van der Waals surface area contributed by atoms with Gasteiger partial charge in [-0.1, -0.05) is 30.3 Å². The van der Waals surface area contributed by atoms with Crippen molar-refractivity contribution in [3.63, 3.8) is 0 Å². The molecule has 1 aliphatic heterocycles. The largest absolute Gasteiger partial charge is 0.465 e. The Labute approximate surface area is 397 Å². The van der Waals surface area contributed by atoms with Gasteiger partial charge in [-0.3, -0.25) is 19.2 Å². The number of carboxylic acid groups (broad SMARTS) is 1. The van der Waals surface area contributed by atoms with Crippen molar-refractivity contribution in [2.75, 3.05) is 25.0 Å². The van der Waals surface area contributed by atoms with Crippen LogP contribution in [-0.2, 0) is 36.7 Å². The number of aromatic nitrogens is 3. The number of carbonyl (C=O) groups is 6. The maximum absolute atomic E-state index is 14.1. The molecule has 2 fully saturated rings. The summed E-state index contributed by atoms with van der Waals surface area (Å²) in [5.74, 6) is -0.140. The number of nitrogens with zero attached hydrogens (tertiary/aromatic N) is 3. The Hall–Kier alpha value is -6.78. The Morgan fingerprint density at radius 2 is 1.46 bits per heavy atom. The fourth-order valence-corrected chi connectivity index (χ4v) is 8.43. The quantitative estimate of drug-likeness (QED) is 0.0636. The van der Waals surface area contributed by atoms with Crippen molar-refractivity contribution in [2.45, 2.75) is 130 Å². The molecule has 3 aromatic carbocycles. The van der Waals surface area contributed by atoms with Crippen LogP contribution in [0.5, 0.6) is 0 Å². The van der Waals surface area contributed by atoms with Gasteiger partial charge in [-0.05, 0) is 152 Å². The van der Waals surface area contributed by atoms with Gasteiger partial charge in [0, 0.05) is 61.2 Å². The number of H-pyrrole nitrogens is 1. The molecule has 17 heteroatoms. The zero-order chi connectivity index (χ0) is 49.2. The molecule has 1 saturated heterocycles. The van der Waals surface area contributed by atoms with E-state index in [0.717, 1.165) is 40.7 Å². The third-order valence-corrected chi connectivity index (χ3v) is 12.0. The lowest BCUT2D eigenvalue weighted by Crippen LogP contribution is -2.48. The van der Waals surface area contributed by atoms with Crippen molar-refractivity contribution in [3.8, 4) is 22.5 Å². The van der Waals surface area contributed by atoms with Crippen LogP contribution in [0, 0.1) is 18.8 Å². The summed E-state index contributed by atoms with van der Waals surface area (Å²) in [5, 5.41) is 29.6. The molecule has 1 aliphatic carbocycles. The monoisotopic (exact) mass is 934 g/mol. The number of carbonyl (C=O) groups excluding carboxylic acids is 5. The van der Waals surface area contributed by atoms with Gasteiger partial charge in [-0.15, -0.1) is 10.2 Å². The van der Waals surface area contributed by atoms with E-state index in [1.165, 1.54) is 4.90 Å². The van der Waals surface area contributed by atoms with Gasteiger partial charge in [-0.25, -0.2) is 9.59 Å². The number of likely N-dealkylation sites (tertiary alicyclic amines) is 1. The van der Waals surface area contributed by atoms with Crippen LogP contribution >= 0.6 is 0 Å². The summed E-state index contributed by atoms with van der Waals surface area (Å²) in [7, 11) is 0. The van der Waals surface area contributed by atoms with Gasteiger partial charge >= 0.3 is 18.2 Å². The Kier molecular flexibility index (Phi) is 16.6. The molecule has 2 aliphatic rings. The van der Waals surface area contributed by atoms with Gasteiger partial charge in [0.05, 0.1) is 6.42 Å². The van der Waals surface area contributed by atoms with E-state index >= 15 is 0 Å². The fourth-order valence-electron chi connectivity index (χ4n) is 8.43. The molecule has 2 heterocycles. The van der Waals surface area contributed by atoms with Gasteiger partial charge in [-0.2, -0.15) is 0 Å². The number of ether oxygens (including phenoxy) is 2. The molecular formula is C51H66N8O9. The van der Waals surface area contributed by atoms with Crippen LogP contribution in [0.15, 0.2) is 66.7 Å². The Morgan fingerprint density at radius 3 is 2.07 bits per heavy atom. The minimum atomic E-state index is -0.946. The van der Waals surface area contributed by atoms with Crippen LogP contribution in [0.3, 0.4) is 0 Å². The van der Waals surface area contributed by atoms with Crippen molar-refractivity contribution in [2.24, 2.45) is 11.8 Å². The van der Waals surface area contributed by atoms with Gasteiger partial charge in [0.25, 0.3) is 5.91 Å². The number of hydrogen-bond donors (Lipinski definition) is 6. The maximum Gasteiger partial charge on any atom is 0.407 e. The zero-order valence-electron chi connectivity index (χ0n) is 40.2. The maximum atomic E-state index is 14.1. The highest BCUT2D eigenvalue weighted by atomic mass is 16.6. The van der Waals surface area contributed by atoms with Crippen LogP contribution in [0.25, 0.3) is 22.5 Å². The van der Waals surface area contributed by atoms with Crippen molar-refractivity contribution < 1.29 is 43.3 Å². The lowest BCUT2D eigenvalue weighted by Gasteiger charge is -2.30. The molecule has 1 saturated carbocycles. The first-order valence-electron chi connectivity index (χ1n) is 23.5. The molecular weight excluding hydrogens is 869 g/mol. The van der Waals surface area contributed by atoms with E-state index in [9.17, 15) is 33.9 Å². The van der Waals surface area contributed by atoms with Crippen molar-refractivity contribution >= 4 is 41.6 Å². The number of piperidine rings is 1. The number of amides is 5. The van der Waals surface area contributed by atoms with E-state index in [4.69, 9.17) is 9.47 Å². The third-order valence-electron chi connectivity index (χ3n) is 12.0. The molecule has 6 N–H and O–H groups in total. The Bertz CT molecular complexity index is 2400. The van der Waals surface area contributed by atoms with Gasteiger partial charge < -0.3 is 45.7 Å². The molecule has 4 aromatic rings. The summed E-state index contributed by atoms with van der Waals surface area (Å²) < 4.78 is 10.8. The highest BCUT2D eigenvalue weighted by molar-refractivity contribution is 5.98. The number of nitrogens with one attached hydrogen (secondary N) is 5. The van der Waals surface area contributed by atoms with E-state index in [-0.39, 0.29) is 54.4 Å². The van der Waals surface area contributed by atoms with Gasteiger partial charge in [0.2, 0.25) is 11.8 Å². The number of hydrogen-bond acceptors (Lipinski definition) is 10. The van der Waals surface area contributed by atoms with Gasteiger partial charge in [0.15, 0.2) is 5.82 Å². The van der Waals surface area contributed by atoms with Crippen molar-refractivity contribution in [1.82, 2.24) is 36.0 Å². The number of alkyl carbamates (subject to hydrolysis) is 1. The van der Waals surface area contributed by atoms with E-state index in [1.807, 2.05) is 84.9 Å². The molecule has 1 atom stereocenters. The summed E-state index contributed by atoms with van der Waals surface area (Å²) in [6.07, 6.45) is 3.15. The number of rotatable bonds is 15. The Morgan fingerprint density at radius 1 is 0.809 bits per heavy atom. The molecule has 5 amide bonds. The number of anilines is 1. The lowest BCUT2D eigenvalue weighted by atomic mass is 9.81. The minimum absolute atomic E-state index is 0.0962. The topological polar surface area (TPSA) is 234 Å². The van der Waals surface area contributed by atoms with Crippen LogP contribution in [-0.4, -0.2) is 104 Å². The molecule has 1 aromatic heterocycles. The highest BCUT2D eigenvalue weighted by Crippen LogP contribution is 2.30. The molecule has 364 valence electrons. The molecule has 17 nitrogen and oxygen atoms in total. The molecule has 0 bridgehead atoms. The number of aryl methyl sites for hydroxylation is 2. The van der Waals surface area contributed by atoms with Crippen LogP contribution in [0.4, 0.5) is 15.3 Å². The lowest BCUT2D eigenvalue weighted by molar-refractivity contribution is -0.154. The average molecular weight is 935 g/mol. The van der Waals surface area contributed by atoms with E-state index in [0.29, 0.717) is 74.6 Å². The second kappa shape index (κ2) is 22.3. The second-order valence-electron chi connectivity index (χ2n) is 19.9. The second-order valence-corrected chi connectivity index (χ2v) is 19.9. The van der Waals surface area contributed by atoms with Crippen LogP contribution in [0.1, 0.15) is 114 Å². The molecule has 0 spiro atoms. The normalized spacial score (nSPS) is 17.1. The fraction of sp³-hybridized carbons (Fsp3) is 0.490. The highest BCUT2D eigenvalue weighted by Gasteiger charge is 2.31. The summed E-state index contributed by atoms with van der Waals surface area (Å²) in [4.78, 5) is 81.3. The number of benzene rings is 3. The summed E-state index contributed by atoms with van der Waals surface area (Å²) >= 11 is 0. The first-order valence-corrected chi connectivity index (χ1v) is 23.5. The number of aromatic amines is 1. The smallest absolute Gasteiger partial charge is 0.407 e. The summed E-state index contributed by atoms with van der Waals surface area (Å²) in [5.41, 5.74) is 4.19. The average Bonchev–Trinajstić information content (AvgIpc) is 3.76. The van der Waals surface area contributed by atoms with E-state index < -0.39 is 29.4 Å². The SMILES string of the molecule is Cc1cc(C(=O)NC2CCN(C(=O)O)CC2)ccc1-c1ccc(C[C@H](NC(=O)[C@H]2CC[C@H](CNC(=O)OC(C)(C)C)CC2)C(=O)Nc2ccc(-c3nnc(CCC(=O)OC(C)(C)C)[nH]3)cc2)cc1. The minimum Gasteiger partial charge on any atom is -0.465 e. The van der Waals surface area contributed by atoms with Gasteiger partial charge in [0.1, 0.15) is 23.1 Å². The molecule has 0 unspecified atom stereocenters. The Balaban J connectivity index is 1.10. The van der Waals surface area contributed by atoms with Crippen molar-refractivity contribution in [1.29, 1.82) is 0 Å². The third kappa shape index (κ3) is 15.1.